The standard InChI is InChI=1S/C24H20F3IN6O/c1-32-20(12-6-13(25)8-14(26)7-12)11-34(24(32)35)16-4-5-17(19(27)9-16)18-10-33(15-2-3-15)23-21(18)22(29)30-28-31-23/h4-10,15,20H,2-3,11H2,1H3,(H2,29,30,31). The quantitative estimate of drug-likeness (QED) is 0.381. The van der Waals surface area contributed by atoms with Gasteiger partial charge < -0.3 is 15.2 Å². The van der Waals surface area contributed by atoms with Crippen molar-refractivity contribution < 1.29 is 18.0 Å². The molecule has 6 rings (SSSR count). The van der Waals surface area contributed by atoms with Gasteiger partial charge in [-0.3, -0.25) is 4.90 Å². The molecule has 2 aromatic carbocycles. The molecule has 3 aliphatic rings. The Kier molecular flexibility index (Phi) is 5.20. The van der Waals surface area contributed by atoms with E-state index in [2.05, 4.69) is 10.9 Å². The first kappa shape index (κ1) is 22.3. The largest absolute Gasteiger partial charge is 0.383 e. The maximum Gasteiger partial charge on any atom is 0.324 e. The second-order valence-electron chi connectivity index (χ2n) is 8.90. The highest BCUT2D eigenvalue weighted by atomic mass is 127. The molecule has 1 saturated heterocycles. The third-order valence-electron chi connectivity index (χ3n) is 6.63. The number of fused-ring (bicyclic) bond motifs is 1. The van der Waals surface area contributed by atoms with E-state index in [9.17, 15) is 13.6 Å². The number of urea groups is 1. The fraction of sp³-hybridized carbons (Fsp3) is 0.250. The number of carbonyl (C=O) groups excluding carboxylic acids is 1. The van der Waals surface area contributed by atoms with Crippen molar-refractivity contribution in [3.05, 3.63) is 71.2 Å². The highest BCUT2D eigenvalue weighted by Crippen LogP contribution is 2.46. The number of nitrogens with two attached hydrogens (primary N) is 1. The number of aromatic nitrogens is 1. The van der Waals surface area contributed by atoms with Crippen LogP contribution in [0.3, 0.4) is 0 Å². The summed E-state index contributed by atoms with van der Waals surface area (Å²) in [7, 11) is 1.56. The molecule has 2 N–H and O–H groups in total. The molecule has 1 unspecified atom stereocenters. The normalized spacial score (nSPS) is 19.6. The topological polar surface area (TPSA) is 79.2 Å². The summed E-state index contributed by atoms with van der Waals surface area (Å²) in [6.45, 7) is 0.132. The molecule has 7 nitrogen and oxygen atoms in total. The maximum absolute atomic E-state index is 15.5. The monoisotopic (exact) mass is 592 g/mol. The molecule has 0 bridgehead atoms. The molecule has 0 spiro atoms. The Labute approximate surface area is 209 Å². The van der Waals surface area contributed by atoms with Gasteiger partial charge in [0.2, 0.25) is 0 Å². The van der Waals surface area contributed by atoms with Crippen molar-refractivity contribution in [2.75, 3.05) is 18.5 Å². The van der Waals surface area contributed by atoms with Crippen LogP contribution in [0, 0.1) is 17.5 Å². The highest BCUT2D eigenvalue weighted by Gasteiger charge is 2.37. The second-order valence-corrected chi connectivity index (χ2v) is 10.3. The minimum atomic E-state index is -0.766. The van der Waals surface area contributed by atoms with Crippen LogP contribution in [0.4, 0.5) is 29.5 Å². The summed E-state index contributed by atoms with van der Waals surface area (Å²) in [5.74, 6) is -0.794. The lowest BCUT2D eigenvalue weighted by Gasteiger charge is -2.18. The van der Waals surface area contributed by atoms with Crippen molar-refractivity contribution in [2.45, 2.75) is 24.9 Å². The molecule has 35 heavy (non-hydrogen) atoms. The molecule has 3 aromatic rings. The number of anilines is 1. The number of rotatable bonds is 4. The van der Waals surface area contributed by atoms with Crippen LogP contribution in [-0.2, 0) is 0 Å². The lowest BCUT2D eigenvalue weighted by atomic mass is 10.0. The molecule has 2 fully saturated rings. The molecular formula is C24H20F3IN6O. The zero-order chi connectivity index (χ0) is 24.4. The molecule has 180 valence electrons. The Hall–Kier alpha value is -3.22. The second kappa shape index (κ2) is 8.18. The van der Waals surface area contributed by atoms with Crippen LogP contribution in [0.1, 0.15) is 36.1 Å². The Morgan fingerprint density at radius 2 is 1.80 bits per heavy atom. The van der Waals surface area contributed by atoms with Crippen molar-refractivity contribution >= 4 is 44.7 Å². The molecule has 1 saturated carbocycles. The van der Waals surface area contributed by atoms with Gasteiger partial charge in [-0.25, -0.2) is 18.0 Å². The number of amidine groups is 1. The van der Waals surface area contributed by atoms with Gasteiger partial charge in [0.25, 0.3) is 0 Å². The lowest BCUT2D eigenvalue weighted by Crippen LogP contribution is -2.29. The Bertz CT molecular complexity index is 1430. The average Bonchev–Trinajstić information content (AvgIpc) is 3.52. The van der Waals surface area contributed by atoms with E-state index in [0.29, 0.717) is 39.8 Å². The van der Waals surface area contributed by atoms with E-state index in [1.54, 1.807) is 19.2 Å². The van der Waals surface area contributed by atoms with Crippen LogP contribution < -0.4 is 10.6 Å². The number of hydrogen-bond donors (Lipinski definition) is 1. The molecule has 2 amide bonds. The van der Waals surface area contributed by atoms with Gasteiger partial charge in [0.15, 0.2) is 5.82 Å². The third-order valence-corrected chi connectivity index (χ3v) is 8.04. The van der Waals surface area contributed by atoms with E-state index in [-0.39, 0.29) is 12.6 Å². The van der Waals surface area contributed by atoms with Gasteiger partial charge in [-0.2, -0.15) is 6.35 Å². The molecular weight excluding hydrogens is 572 g/mol. The number of amides is 2. The van der Waals surface area contributed by atoms with E-state index < -0.39 is 44.8 Å². The van der Waals surface area contributed by atoms with E-state index in [0.717, 1.165) is 24.7 Å². The number of hydrogen-bond acceptors (Lipinski definition) is 4. The molecule has 2 aliphatic heterocycles. The van der Waals surface area contributed by atoms with Gasteiger partial charge >= 0.3 is 6.03 Å². The van der Waals surface area contributed by atoms with Crippen LogP contribution in [0.5, 0.6) is 0 Å². The maximum atomic E-state index is 15.5. The summed E-state index contributed by atoms with van der Waals surface area (Å²) in [6.07, 6.45) is 3.99. The summed E-state index contributed by atoms with van der Waals surface area (Å²) in [5.41, 5.74) is 8.52. The van der Waals surface area contributed by atoms with Gasteiger partial charge in [0.1, 0.15) is 44.6 Å². The van der Waals surface area contributed by atoms with E-state index >= 15 is 4.39 Å². The van der Waals surface area contributed by atoms with Crippen molar-refractivity contribution in [3.63, 3.8) is 0 Å². The van der Waals surface area contributed by atoms with E-state index in [1.165, 1.54) is 28.0 Å². The summed E-state index contributed by atoms with van der Waals surface area (Å²) < 4.78 is 54.0. The minimum Gasteiger partial charge on any atom is -0.383 e. The summed E-state index contributed by atoms with van der Waals surface area (Å²) in [5, 5.41) is 0. The van der Waals surface area contributed by atoms with Crippen LogP contribution in [0.25, 0.3) is 11.1 Å². The predicted octanol–water partition coefficient (Wildman–Crippen LogP) is 5.94. The summed E-state index contributed by atoms with van der Waals surface area (Å²) >= 11 is -0.766. The molecule has 1 aromatic heterocycles. The van der Waals surface area contributed by atoms with E-state index in [1.807, 2.05) is 6.20 Å². The Morgan fingerprint density at radius 1 is 1.06 bits per heavy atom. The van der Waals surface area contributed by atoms with Crippen molar-refractivity contribution in [3.8, 4) is 11.1 Å². The summed E-state index contributed by atoms with van der Waals surface area (Å²) in [6, 6.07) is 7.18. The van der Waals surface area contributed by atoms with Crippen molar-refractivity contribution in [1.82, 2.24) is 9.47 Å². The molecule has 0 radical (unpaired) electrons. The number of benzene rings is 2. The van der Waals surface area contributed by atoms with Crippen LogP contribution in [0.2, 0.25) is 0 Å². The van der Waals surface area contributed by atoms with Crippen molar-refractivity contribution in [1.29, 1.82) is 0 Å². The van der Waals surface area contributed by atoms with Gasteiger partial charge in [0.05, 0.1) is 18.2 Å². The number of carbonyl (C=O) groups is 1. The van der Waals surface area contributed by atoms with Crippen LogP contribution in [0.15, 0.2) is 48.9 Å². The fourth-order valence-electron chi connectivity index (χ4n) is 4.73. The minimum absolute atomic E-state index is 0.132. The smallest absolute Gasteiger partial charge is 0.324 e. The molecule has 3 heterocycles. The van der Waals surface area contributed by atoms with Gasteiger partial charge in [-0.15, -0.1) is 0 Å². The number of nitrogens with zero attached hydrogens (tertiary/aromatic N) is 5. The first-order chi connectivity index (χ1) is 16.8. The number of halogens is 4. The van der Waals surface area contributed by atoms with E-state index in [4.69, 9.17) is 5.73 Å². The zero-order valence-corrected chi connectivity index (χ0v) is 20.7. The number of likely N-dealkylation sites (N-methyl/N-ethyl adjacent to an activating group) is 1. The lowest BCUT2D eigenvalue weighted by molar-refractivity contribution is 0.219. The van der Waals surface area contributed by atoms with Crippen LogP contribution >= 0.6 is 21.3 Å². The van der Waals surface area contributed by atoms with Crippen molar-refractivity contribution in [2.24, 2.45) is 12.1 Å². The van der Waals surface area contributed by atoms with Gasteiger partial charge in [-0.05, 0) is 48.7 Å². The first-order valence-electron chi connectivity index (χ1n) is 11.0. The molecule has 11 heteroatoms. The van der Waals surface area contributed by atoms with Crippen LogP contribution in [-0.4, -0.2) is 34.9 Å². The van der Waals surface area contributed by atoms with Gasteiger partial charge in [0, 0.05) is 42.2 Å². The first-order valence-corrected chi connectivity index (χ1v) is 13.0. The predicted molar refractivity (Wildman–Crippen MR) is 135 cm³/mol. The molecule has 1 atom stereocenters. The highest BCUT2D eigenvalue weighted by molar-refractivity contribution is 14.1. The SMILES string of the molecule is CN1C(=O)N(c2ccc(-c3cn(C4CC4)c4c3C(N)=NI=N4)c(F)c2)CC1c1cc(F)cc(F)c1. The zero-order valence-electron chi connectivity index (χ0n) is 18.6. The Balaban J connectivity index is 1.35. The Morgan fingerprint density at radius 3 is 2.49 bits per heavy atom. The average molecular weight is 592 g/mol. The molecule has 1 aliphatic carbocycles. The third kappa shape index (κ3) is 3.72. The summed E-state index contributed by atoms with van der Waals surface area (Å²) in [4.78, 5) is 15.7. The fourth-order valence-corrected chi connectivity index (χ4v) is 6.00. The van der Waals surface area contributed by atoms with Gasteiger partial charge in [-0.1, -0.05) is 0 Å².